The van der Waals surface area contributed by atoms with E-state index < -0.39 is 6.61 Å². The first-order chi connectivity index (χ1) is 10.6. The van der Waals surface area contributed by atoms with Gasteiger partial charge in [0.25, 0.3) is 0 Å². The van der Waals surface area contributed by atoms with Crippen LogP contribution in [0.2, 0.25) is 0 Å². The van der Waals surface area contributed by atoms with E-state index in [0.29, 0.717) is 11.2 Å². The van der Waals surface area contributed by atoms with Crippen molar-refractivity contribution in [2.24, 2.45) is 5.41 Å². The highest BCUT2D eigenvalue weighted by Gasteiger charge is 2.40. The van der Waals surface area contributed by atoms with Gasteiger partial charge in [0.2, 0.25) is 0 Å². The lowest BCUT2D eigenvalue weighted by Gasteiger charge is -2.23. The van der Waals surface area contributed by atoms with Gasteiger partial charge in [0.15, 0.2) is 11.5 Å². The van der Waals surface area contributed by atoms with Crippen LogP contribution in [0.3, 0.4) is 0 Å². The summed E-state index contributed by atoms with van der Waals surface area (Å²) in [4.78, 5) is 2.43. The van der Waals surface area contributed by atoms with Gasteiger partial charge in [-0.15, -0.1) is 12.4 Å². The molecule has 1 unspecified atom stereocenters. The van der Waals surface area contributed by atoms with Crippen molar-refractivity contribution in [2.45, 2.75) is 26.0 Å². The van der Waals surface area contributed by atoms with Crippen LogP contribution in [0.25, 0.3) is 0 Å². The van der Waals surface area contributed by atoms with Gasteiger partial charge in [-0.1, -0.05) is 6.07 Å². The molecule has 7 heteroatoms. The Morgan fingerprint density at radius 3 is 2.78 bits per heavy atom. The number of ether oxygens (including phenoxy) is 2. The first-order valence-electron chi connectivity index (χ1n) is 7.65. The Morgan fingerprint density at radius 2 is 2.13 bits per heavy atom. The quantitative estimate of drug-likeness (QED) is 0.887. The normalized spacial score (nSPS) is 24.2. The molecule has 0 amide bonds. The number of methoxy groups -OCH3 is 1. The molecule has 0 aliphatic carbocycles. The number of likely N-dealkylation sites (tertiary alicyclic amines) is 1. The smallest absolute Gasteiger partial charge is 0.387 e. The SMILES string of the molecule is COc1cc(CN2CCC3(CCNC3)C2)ccc1OC(F)F.Cl. The van der Waals surface area contributed by atoms with Gasteiger partial charge in [0.1, 0.15) is 0 Å². The number of hydrogen-bond acceptors (Lipinski definition) is 4. The molecule has 0 aromatic heterocycles. The first-order valence-corrected chi connectivity index (χ1v) is 7.65. The molecule has 3 rings (SSSR count). The zero-order valence-electron chi connectivity index (χ0n) is 13.2. The number of nitrogens with zero attached hydrogens (tertiary/aromatic N) is 1. The highest BCUT2D eigenvalue weighted by atomic mass is 35.5. The zero-order chi connectivity index (χ0) is 15.6. The third-order valence-electron chi connectivity index (χ3n) is 4.70. The summed E-state index contributed by atoms with van der Waals surface area (Å²) in [6.07, 6.45) is 2.47. The molecule has 0 radical (unpaired) electrons. The highest BCUT2D eigenvalue weighted by Crippen LogP contribution is 2.37. The van der Waals surface area contributed by atoms with Crippen molar-refractivity contribution in [2.75, 3.05) is 33.3 Å². The maximum absolute atomic E-state index is 12.3. The van der Waals surface area contributed by atoms with Gasteiger partial charge >= 0.3 is 6.61 Å². The van der Waals surface area contributed by atoms with Gasteiger partial charge in [-0.3, -0.25) is 4.90 Å². The van der Waals surface area contributed by atoms with Crippen molar-refractivity contribution < 1.29 is 18.3 Å². The molecule has 1 aromatic rings. The molecule has 2 aliphatic rings. The predicted molar refractivity (Wildman–Crippen MR) is 86.7 cm³/mol. The predicted octanol–water partition coefficient (Wildman–Crippen LogP) is 2.90. The molecule has 23 heavy (non-hydrogen) atoms. The summed E-state index contributed by atoms with van der Waals surface area (Å²) in [6.45, 7) is 2.37. The maximum Gasteiger partial charge on any atom is 0.387 e. The highest BCUT2D eigenvalue weighted by molar-refractivity contribution is 5.85. The van der Waals surface area contributed by atoms with Gasteiger partial charge in [0.05, 0.1) is 7.11 Å². The lowest BCUT2D eigenvalue weighted by atomic mass is 9.86. The molecule has 2 fully saturated rings. The summed E-state index contributed by atoms with van der Waals surface area (Å²) in [5.74, 6) is 0.438. The van der Waals surface area contributed by atoms with Crippen LogP contribution in [0.4, 0.5) is 8.78 Å². The van der Waals surface area contributed by atoms with Gasteiger partial charge in [-0.2, -0.15) is 8.78 Å². The van der Waals surface area contributed by atoms with E-state index >= 15 is 0 Å². The largest absolute Gasteiger partial charge is 0.493 e. The van der Waals surface area contributed by atoms with Gasteiger partial charge in [0, 0.05) is 19.6 Å². The molecule has 4 nitrogen and oxygen atoms in total. The van der Waals surface area contributed by atoms with Crippen molar-refractivity contribution >= 4 is 12.4 Å². The third kappa shape index (κ3) is 4.25. The van der Waals surface area contributed by atoms with Crippen LogP contribution in [0.5, 0.6) is 11.5 Å². The number of alkyl halides is 2. The third-order valence-corrected chi connectivity index (χ3v) is 4.70. The van der Waals surface area contributed by atoms with Crippen LogP contribution in [0.1, 0.15) is 18.4 Å². The number of hydrogen-bond donors (Lipinski definition) is 1. The van der Waals surface area contributed by atoms with Crippen molar-refractivity contribution in [3.63, 3.8) is 0 Å². The maximum atomic E-state index is 12.3. The summed E-state index contributed by atoms with van der Waals surface area (Å²) in [5.41, 5.74) is 1.49. The fourth-order valence-corrected chi connectivity index (χ4v) is 3.57. The van der Waals surface area contributed by atoms with E-state index in [-0.39, 0.29) is 18.2 Å². The second kappa shape index (κ2) is 7.64. The van der Waals surface area contributed by atoms with Crippen LogP contribution in [-0.4, -0.2) is 44.8 Å². The minimum absolute atomic E-state index is 0. The standard InChI is InChI=1S/C16H22F2N2O2.ClH/c1-21-14-8-12(2-3-13(14)22-15(17)18)9-20-7-5-16(11-20)4-6-19-10-16;/h2-3,8,15,19H,4-7,9-11H2,1H3;1H. The molecule has 0 bridgehead atoms. The minimum Gasteiger partial charge on any atom is -0.493 e. The Labute approximate surface area is 141 Å². The van der Waals surface area contributed by atoms with Crippen LogP contribution in [0, 0.1) is 5.41 Å². The summed E-state index contributed by atoms with van der Waals surface area (Å²) in [5, 5.41) is 3.45. The fraction of sp³-hybridized carbons (Fsp3) is 0.625. The average Bonchev–Trinajstić information content (AvgIpc) is 3.11. The number of rotatable bonds is 5. The minimum atomic E-state index is -2.84. The molecular weight excluding hydrogens is 326 g/mol. The van der Waals surface area contributed by atoms with E-state index in [9.17, 15) is 8.78 Å². The van der Waals surface area contributed by atoms with E-state index in [1.807, 2.05) is 6.07 Å². The van der Waals surface area contributed by atoms with Crippen LogP contribution >= 0.6 is 12.4 Å². The molecule has 130 valence electrons. The van der Waals surface area contributed by atoms with Crippen LogP contribution in [-0.2, 0) is 6.54 Å². The van der Waals surface area contributed by atoms with Crippen molar-refractivity contribution in [1.29, 1.82) is 0 Å². The molecule has 2 aliphatic heterocycles. The Bertz CT molecular complexity index is 525. The molecule has 1 spiro atoms. The van der Waals surface area contributed by atoms with Crippen molar-refractivity contribution in [1.82, 2.24) is 10.2 Å². The topological polar surface area (TPSA) is 33.7 Å². The number of nitrogens with one attached hydrogen (secondary N) is 1. The van der Waals surface area contributed by atoms with Gasteiger partial charge in [-0.05, 0) is 49.0 Å². The summed E-state index contributed by atoms with van der Waals surface area (Å²) in [7, 11) is 1.46. The summed E-state index contributed by atoms with van der Waals surface area (Å²) in [6, 6.07) is 5.18. The van der Waals surface area contributed by atoms with E-state index in [2.05, 4.69) is 15.0 Å². The molecule has 1 atom stereocenters. The first kappa shape index (κ1) is 18.2. The molecule has 2 saturated heterocycles. The van der Waals surface area contributed by atoms with E-state index in [4.69, 9.17) is 4.74 Å². The second-order valence-electron chi connectivity index (χ2n) is 6.25. The number of benzene rings is 1. The zero-order valence-corrected chi connectivity index (χ0v) is 14.0. The monoisotopic (exact) mass is 348 g/mol. The lowest BCUT2D eigenvalue weighted by Crippen LogP contribution is -2.28. The van der Waals surface area contributed by atoms with Gasteiger partial charge < -0.3 is 14.8 Å². The Balaban J connectivity index is 0.00000192. The fourth-order valence-electron chi connectivity index (χ4n) is 3.57. The molecule has 2 heterocycles. The van der Waals surface area contributed by atoms with E-state index in [0.717, 1.165) is 38.3 Å². The summed E-state index contributed by atoms with van der Waals surface area (Å²) >= 11 is 0. The molecule has 0 saturated carbocycles. The Morgan fingerprint density at radius 1 is 1.30 bits per heavy atom. The lowest BCUT2D eigenvalue weighted by molar-refractivity contribution is -0.0512. The molecule has 1 aromatic carbocycles. The number of halogens is 3. The van der Waals surface area contributed by atoms with E-state index in [1.165, 1.54) is 20.0 Å². The Kier molecular flexibility index (Phi) is 6.06. The van der Waals surface area contributed by atoms with Crippen LogP contribution < -0.4 is 14.8 Å². The summed E-state index contributed by atoms with van der Waals surface area (Å²) < 4.78 is 34.3. The van der Waals surface area contributed by atoms with Crippen molar-refractivity contribution in [3.05, 3.63) is 23.8 Å². The average molecular weight is 349 g/mol. The molecular formula is C16H23ClF2N2O2. The molecule has 1 N–H and O–H groups in total. The van der Waals surface area contributed by atoms with Gasteiger partial charge in [-0.25, -0.2) is 0 Å². The second-order valence-corrected chi connectivity index (χ2v) is 6.25. The Hall–Kier alpha value is -1.11. The van der Waals surface area contributed by atoms with Crippen molar-refractivity contribution in [3.8, 4) is 11.5 Å². The van der Waals surface area contributed by atoms with Crippen LogP contribution in [0.15, 0.2) is 18.2 Å². The van der Waals surface area contributed by atoms with E-state index in [1.54, 1.807) is 12.1 Å².